The third-order valence-corrected chi connectivity index (χ3v) is 4.76. The molecule has 1 aliphatic carbocycles. The second-order valence-electron chi connectivity index (χ2n) is 5.17. The first kappa shape index (κ1) is 11.3. The normalized spacial score (nSPS) is 26.4. The lowest BCUT2D eigenvalue weighted by molar-refractivity contribution is -0.149. The van der Waals surface area contributed by atoms with Crippen molar-refractivity contribution in [2.45, 2.75) is 38.1 Å². The van der Waals surface area contributed by atoms with Crippen molar-refractivity contribution in [3.05, 3.63) is 34.3 Å². The standard InChI is InChI=1S/C14H16BrNO/c15-11-6-4-10(5-7-11)12-14(13(17)16-12)8-2-1-3-9-14/h4-7,12H,1-3,8-9H2,(H,16,17). The summed E-state index contributed by atoms with van der Waals surface area (Å²) < 4.78 is 1.09. The maximum atomic E-state index is 11.9. The molecule has 3 rings (SSSR count). The van der Waals surface area contributed by atoms with Crippen molar-refractivity contribution >= 4 is 21.8 Å². The lowest BCUT2D eigenvalue weighted by Crippen LogP contribution is -2.61. The van der Waals surface area contributed by atoms with E-state index in [0.717, 1.165) is 17.3 Å². The Kier molecular flexibility index (Phi) is 2.74. The van der Waals surface area contributed by atoms with E-state index < -0.39 is 0 Å². The van der Waals surface area contributed by atoms with Gasteiger partial charge in [0.05, 0.1) is 11.5 Å². The molecule has 2 fully saturated rings. The topological polar surface area (TPSA) is 29.1 Å². The van der Waals surface area contributed by atoms with Gasteiger partial charge in [-0.15, -0.1) is 0 Å². The molecule has 0 aromatic heterocycles. The Balaban J connectivity index is 1.88. The molecule has 1 saturated carbocycles. The third-order valence-electron chi connectivity index (χ3n) is 4.23. The molecule has 1 atom stereocenters. The molecule has 1 aromatic rings. The first-order chi connectivity index (χ1) is 8.22. The zero-order chi connectivity index (χ0) is 11.9. The van der Waals surface area contributed by atoms with Crippen molar-refractivity contribution in [2.75, 3.05) is 0 Å². The summed E-state index contributed by atoms with van der Waals surface area (Å²) in [5, 5.41) is 3.08. The van der Waals surface area contributed by atoms with E-state index in [2.05, 4.69) is 45.5 Å². The van der Waals surface area contributed by atoms with Crippen molar-refractivity contribution in [1.29, 1.82) is 0 Å². The zero-order valence-corrected chi connectivity index (χ0v) is 11.3. The molecule has 1 unspecified atom stereocenters. The minimum atomic E-state index is -0.0912. The van der Waals surface area contributed by atoms with Crippen LogP contribution in [0.25, 0.3) is 0 Å². The molecule has 1 N–H and O–H groups in total. The molecule has 17 heavy (non-hydrogen) atoms. The predicted octanol–water partition coefficient (Wildman–Crippen LogP) is 3.57. The molecule has 2 nitrogen and oxygen atoms in total. The number of β-lactam (4-membered cyclic amide) rings is 1. The molecule has 1 aromatic carbocycles. The van der Waals surface area contributed by atoms with Crippen molar-refractivity contribution in [1.82, 2.24) is 5.32 Å². The van der Waals surface area contributed by atoms with Crippen LogP contribution in [-0.2, 0) is 4.79 Å². The average molecular weight is 294 g/mol. The van der Waals surface area contributed by atoms with Gasteiger partial charge in [-0.1, -0.05) is 47.3 Å². The van der Waals surface area contributed by atoms with Crippen LogP contribution in [-0.4, -0.2) is 5.91 Å². The highest BCUT2D eigenvalue weighted by Crippen LogP contribution is 2.52. The maximum Gasteiger partial charge on any atom is 0.229 e. The molecule has 1 saturated heterocycles. The van der Waals surface area contributed by atoms with Crippen molar-refractivity contribution in [3.63, 3.8) is 0 Å². The highest BCUT2D eigenvalue weighted by Gasteiger charge is 2.55. The Morgan fingerprint density at radius 1 is 1.12 bits per heavy atom. The number of hydrogen-bond donors (Lipinski definition) is 1. The van der Waals surface area contributed by atoms with E-state index in [-0.39, 0.29) is 17.4 Å². The summed E-state index contributed by atoms with van der Waals surface area (Å²) in [6.45, 7) is 0. The van der Waals surface area contributed by atoms with Gasteiger partial charge in [0.15, 0.2) is 0 Å². The molecule has 90 valence electrons. The molecule has 1 spiro atoms. The number of benzene rings is 1. The van der Waals surface area contributed by atoms with E-state index in [1.165, 1.54) is 24.8 Å². The van der Waals surface area contributed by atoms with Crippen LogP contribution in [0.2, 0.25) is 0 Å². The van der Waals surface area contributed by atoms with E-state index in [1.807, 2.05) is 0 Å². The predicted molar refractivity (Wildman–Crippen MR) is 70.5 cm³/mol. The van der Waals surface area contributed by atoms with E-state index in [4.69, 9.17) is 0 Å². The van der Waals surface area contributed by atoms with Crippen LogP contribution in [0.5, 0.6) is 0 Å². The first-order valence-electron chi connectivity index (χ1n) is 6.29. The van der Waals surface area contributed by atoms with Gasteiger partial charge in [-0.3, -0.25) is 4.79 Å². The molecular weight excluding hydrogens is 278 g/mol. The third kappa shape index (κ3) is 1.71. The fourth-order valence-electron chi connectivity index (χ4n) is 3.22. The summed E-state index contributed by atoms with van der Waals surface area (Å²) >= 11 is 3.45. The van der Waals surface area contributed by atoms with E-state index in [0.29, 0.717) is 0 Å². The molecular formula is C14H16BrNO. The number of amides is 1. The van der Waals surface area contributed by atoms with Crippen molar-refractivity contribution in [3.8, 4) is 0 Å². The summed E-state index contributed by atoms with van der Waals surface area (Å²) in [6, 6.07) is 8.57. The molecule has 0 bridgehead atoms. The minimum absolute atomic E-state index is 0.0912. The van der Waals surface area contributed by atoms with Crippen LogP contribution in [0.3, 0.4) is 0 Å². The number of nitrogens with one attached hydrogen (secondary N) is 1. The first-order valence-corrected chi connectivity index (χ1v) is 7.08. The monoisotopic (exact) mass is 293 g/mol. The Labute approximate surface area is 110 Å². The van der Waals surface area contributed by atoms with E-state index in [9.17, 15) is 4.79 Å². The second-order valence-corrected chi connectivity index (χ2v) is 6.09. The highest BCUT2D eigenvalue weighted by molar-refractivity contribution is 9.10. The number of carbonyl (C=O) groups excluding carboxylic acids is 1. The van der Waals surface area contributed by atoms with Crippen LogP contribution in [0.15, 0.2) is 28.7 Å². The summed E-state index contributed by atoms with van der Waals surface area (Å²) in [5.74, 6) is 0.269. The summed E-state index contributed by atoms with van der Waals surface area (Å²) in [5.41, 5.74) is 1.15. The number of hydrogen-bond acceptors (Lipinski definition) is 1. The van der Waals surface area contributed by atoms with Gasteiger partial charge >= 0.3 is 0 Å². The van der Waals surface area contributed by atoms with Gasteiger partial charge in [0, 0.05) is 4.47 Å². The summed E-state index contributed by atoms with van der Waals surface area (Å²) in [7, 11) is 0. The largest absolute Gasteiger partial charge is 0.348 e. The van der Waals surface area contributed by atoms with Crippen LogP contribution in [0.1, 0.15) is 43.7 Å². The van der Waals surface area contributed by atoms with Gasteiger partial charge < -0.3 is 5.32 Å². The number of rotatable bonds is 1. The van der Waals surface area contributed by atoms with Crippen LogP contribution in [0.4, 0.5) is 0 Å². The molecule has 1 aliphatic heterocycles. The lowest BCUT2D eigenvalue weighted by Gasteiger charge is -2.51. The smallest absolute Gasteiger partial charge is 0.229 e. The molecule has 1 heterocycles. The van der Waals surface area contributed by atoms with Crippen molar-refractivity contribution in [2.24, 2.45) is 5.41 Å². The molecule has 3 heteroatoms. The fourth-order valence-corrected chi connectivity index (χ4v) is 3.49. The molecule has 0 radical (unpaired) electrons. The Hall–Kier alpha value is -0.830. The van der Waals surface area contributed by atoms with Gasteiger partial charge in [0.2, 0.25) is 5.91 Å². The van der Waals surface area contributed by atoms with E-state index in [1.54, 1.807) is 0 Å². The van der Waals surface area contributed by atoms with Gasteiger partial charge in [0.25, 0.3) is 0 Å². The Bertz CT molecular complexity index is 434. The second kappa shape index (κ2) is 4.13. The van der Waals surface area contributed by atoms with E-state index >= 15 is 0 Å². The Morgan fingerprint density at radius 2 is 1.76 bits per heavy atom. The van der Waals surface area contributed by atoms with Gasteiger partial charge in [-0.05, 0) is 30.5 Å². The fraction of sp³-hybridized carbons (Fsp3) is 0.500. The van der Waals surface area contributed by atoms with Crippen molar-refractivity contribution < 1.29 is 4.79 Å². The molecule has 1 amide bonds. The van der Waals surface area contributed by atoms with Crippen LogP contribution < -0.4 is 5.32 Å². The zero-order valence-electron chi connectivity index (χ0n) is 9.71. The lowest BCUT2D eigenvalue weighted by atomic mass is 9.61. The SMILES string of the molecule is O=C1NC(c2ccc(Br)cc2)C12CCCCC2. The quantitative estimate of drug-likeness (QED) is 0.788. The number of halogens is 1. The summed E-state index contributed by atoms with van der Waals surface area (Å²) in [6.07, 6.45) is 5.78. The molecule has 2 aliphatic rings. The van der Waals surface area contributed by atoms with Crippen LogP contribution in [0, 0.1) is 5.41 Å². The van der Waals surface area contributed by atoms with Gasteiger partial charge in [0.1, 0.15) is 0 Å². The van der Waals surface area contributed by atoms with Crippen LogP contribution >= 0.6 is 15.9 Å². The minimum Gasteiger partial charge on any atom is -0.348 e. The number of carbonyl (C=O) groups is 1. The Morgan fingerprint density at radius 3 is 2.35 bits per heavy atom. The van der Waals surface area contributed by atoms with Gasteiger partial charge in [-0.2, -0.15) is 0 Å². The van der Waals surface area contributed by atoms with Gasteiger partial charge in [-0.25, -0.2) is 0 Å². The summed E-state index contributed by atoms with van der Waals surface area (Å²) in [4.78, 5) is 11.9. The highest BCUT2D eigenvalue weighted by atomic mass is 79.9. The maximum absolute atomic E-state index is 11.9. The average Bonchev–Trinajstić information content (AvgIpc) is 2.38.